The molecule has 0 unspecified atom stereocenters. The van der Waals surface area contributed by atoms with Crippen molar-refractivity contribution in [1.29, 1.82) is 0 Å². The smallest absolute Gasteiger partial charge is 0.0955 e. The molecule has 0 aliphatic rings. The van der Waals surface area contributed by atoms with E-state index in [0.717, 1.165) is 15.1 Å². The van der Waals surface area contributed by atoms with Crippen molar-refractivity contribution in [3.8, 4) is 0 Å². The van der Waals surface area contributed by atoms with Gasteiger partial charge in [-0.2, -0.15) is 0 Å². The molecule has 2 aromatic rings. The van der Waals surface area contributed by atoms with Gasteiger partial charge in [0.05, 0.1) is 0 Å². The minimum atomic E-state index is 0.721. The Kier molecular flexibility index (Phi) is 3.60. The maximum Gasteiger partial charge on any atom is 0.121 e. The van der Waals surface area contributed by atoms with Crippen LogP contribution in [0.4, 0.5) is 0 Å². The second-order valence-electron chi connectivity index (χ2n) is 4.30. The topological polar surface area (TPSA) is 0 Å². The first-order valence-electron chi connectivity index (χ1n) is 5.75. The molecular weight excluding hydrogens is 220 g/mol. The SMILES string of the molecule is C=C(C)c1cc([Si]c2ccccc2)ccc1C. The monoisotopic (exact) mass is 236 g/mol. The first-order chi connectivity index (χ1) is 8.16. The fraction of sp³-hybridized carbons (Fsp3) is 0.125. The van der Waals surface area contributed by atoms with Crippen molar-refractivity contribution in [3.05, 3.63) is 66.2 Å². The van der Waals surface area contributed by atoms with Crippen LogP contribution in [0.2, 0.25) is 0 Å². The molecule has 0 aromatic heterocycles. The summed E-state index contributed by atoms with van der Waals surface area (Å²) < 4.78 is 0. The van der Waals surface area contributed by atoms with E-state index < -0.39 is 0 Å². The van der Waals surface area contributed by atoms with Gasteiger partial charge in [-0.25, -0.2) is 0 Å². The second kappa shape index (κ2) is 5.15. The molecule has 0 saturated heterocycles. The van der Waals surface area contributed by atoms with E-state index in [1.807, 2.05) is 0 Å². The van der Waals surface area contributed by atoms with Crippen molar-refractivity contribution in [2.24, 2.45) is 0 Å². The zero-order valence-electron chi connectivity index (χ0n) is 10.3. The molecule has 0 heterocycles. The van der Waals surface area contributed by atoms with Gasteiger partial charge in [-0.05, 0) is 25.0 Å². The predicted molar refractivity (Wildman–Crippen MR) is 77.4 cm³/mol. The molecule has 2 aromatic carbocycles. The van der Waals surface area contributed by atoms with Crippen LogP contribution in [0.5, 0.6) is 0 Å². The molecule has 2 radical (unpaired) electrons. The lowest BCUT2D eigenvalue weighted by Crippen LogP contribution is -2.27. The van der Waals surface area contributed by atoms with Crippen molar-refractivity contribution < 1.29 is 0 Å². The fourth-order valence-electron chi connectivity index (χ4n) is 1.85. The van der Waals surface area contributed by atoms with Crippen molar-refractivity contribution in [3.63, 3.8) is 0 Å². The summed E-state index contributed by atoms with van der Waals surface area (Å²) in [4.78, 5) is 0. The summed E-state index contributed by atoms with van der Waals surface area (Å²) in [5, 5.41) is 2.75. The summed E-state index contributed by atoms with van der Waals surface area (Å²) >= 11 is 0. The summed E-state index contributed by atoms with van der Waals surface area (Å²) in [6, 6.07) is 17.3. The van der Waals surface area contributed by atoms with Gasteiger partial charge in [0.15, 0.2) is 0 Å². The van der Waals surface area contributed by atoms with Gasteiger partial charge in [0.1, 0.15) is 9.52 Å². The van der Waals surface area contributed by atoms with E-state index >= 15 is 0 Å². The number of aryl methyl sites for hydroxylation is 1. The Hall–Kier alpha value is -1.60. The van der Waals surface area contributed by atoms with Gasteiger partial charge >= 0.3 is 0 Å². The van der Waals surface area contributed by atoms with E-state index in [1.165, 1.54) is 21.5 Å². The molecule has 0 fully saturated rings. The first-order valence-corrected chi connectivity index (χ1v) is 6.75. The molecule has 0 amide bonds. The molecule has 84 valence electrons. The molecule has 0 bridgehead atoms. The highest BCUT2D eigenvalue weighted by atomic mass is 28.2. The quantitative estimate of drug-likeness (QED) is 0.719. The van der Waals surface area contributed by atoms with Crippen LogP contribution in [0.3, 0.4) is 0 Å². The van der Waals surface area contributed by atoms with Gasteiger partial charge < -0.3 is 0 Å². The zero-order valence-corrected chi connectivity index (χ0v) is 11.3. The highest BCUT2D eigenvalue weighted by Gasteiger charge is 2.03. The van der Waals surface area contributed by atoms with Crippen molar-refractivity contribution in [1.82, 2.24) is 0 Å². The highest BCUT2D eigenvalue weighted by Crippen LogP contribution is 2.14. The van der Waals surface area contributed by atoms with Gasteiger partial charge in [0.2, 0.25) is 0 Å². The molecule has 0 atom stereocenters. The van der Waals surface area contributed by atoms with Crippen molar-refractivity contribution in [2.45, 2.75) is 13.8 Å². The predicted octanol–water partition coefficient (Wildman–Crippen LogP) is 2.68. The van der Waals surface area contributed by atoms with Crippen LogP contribution >= 0.6 is 0 Å². The van der Waals surface area contributed by atoms with Gasteiger partial charge in [0, 0.05) is 0 Å². The Bertz CT molecular complexity index is 526. The molecule has 0 aliphatic heterocycles. The number of hydrogen-bond donors (Lipinski definition) is 0. The Morgan fingerprint density at radius 3 is 2.35 bits per heavy atom. The highest BCUT2D eigenvalue weighted by molar-refractivity contribution is 6.67. The van der Waals surface area contributed by atoms with Crippen LogP contribution < -0.4 is 10.4 Å². The van der Waals surface area contributed by atoms with E-state index in [0.29, 0.717) is 0 Å². The lowest BCUT2D eigenvalue weighted by atomic mass is 10.0. The maximum absolute atomic E-state index is 4.04. The molecule has 0 aliphatic carbocycles. The Morgan fingerprint density at radius 1 is 1.00 bits per heavy atom. The average molecular weight is 236 g/mol. The van der Waals surface area contributed by atoms with Crippen LogP contribution in [-0.4, -0.2) is 9.52 Å². The van der Waals surface area contributed by atoms with E-state index in [-0.39, 0.29) is 0 Å². The minimum absolute atomic E-state index is 0.721. The molecule has 0 spiro atoms. The summed E-state index contributed by atoms with van der Waals surface area (Å²) in [6.45, 7) is 8.24. The van der Waals surface area contributed by atoms with E-state index in [9.17, 15) is 0 Å². The third kappa shape index (κ3) is 2.95. The van der Waals surface area contributed by atoms with Crippen LogP contribution in [-0.2, 0) is 0 Å². The number of rotatable bonds is 3. The first kappa shape index (κ1) is 11.9. The molecule has 0 N–H and O–H groups in total. The standard InChI is InChI=1S/C16H16Si/c1-12(2)16-11-15(10-9-13(16)3)17-14-7-5-4-6-8-14/h4-11H,1H2,2-3H3. The van der Waals surface area contributed by atoms with Gasteiger partial charge in [-0.1, -0.05) is 71.1 Å². The summed E-state index contributed by atoms with van der Waals surface area (Å²) in [7, 11) is 0.721. The van der Waals surface area contributed by atoms with E-state index in [1.54, 1.807) is 0 Å². The summed E-state index contributed by atoms with van der Waals surface area (Å²) in [5.74, 6) is 0. The fourth-order valence-corrected chi connectivity index (χ4v) is 2.92. The number of hydrogen-bond acceptors (Lipinski definition) is 0. The number of benzene rings is 2. The van der Waals surface area contributed by atoms with Crippen LogP contribution in [0.15, 0.2) is 55.1 Å². The molecule has 0 nitrogen and oxygen atoms in total. The lowest BCUT2D eigenvalue weighted by molar-refractivity contribution is 1.43. The van der Waals surface area contributed by atoms with Crippen LogP contribution in [0.25, 0.3) is 5.57 Å². The third-order valence-electron chi connectivity index (χ3n) is 2.76. The molecular formula is C16H16Si. The second-order valence-corrected chi connectivity index (χ2v) is 5.71. The molecule has 0 saturated carbocycles. The Morgan fingerprint density at radius 2 is 1.71 bits per heavy atom. The van der Waals surface area contributed by atoms with Crippen LogP contribution in [0, 0.1) is 6.92 Å². The van der Waals surface area contributed by atoms with Crippen molar-refractivity contribution >= 4 is 25.5 Å². The summed E-state index contributed by atoms with van der Waals surface area (Å²) in [5.41, 5.74) is 3.73. The van der Waals surface area contributed by atoms with Crippen LogP contribution in [0.1, 0.15) is 18.1 Å². The van der Waals surface area contributed by atoms with Gasteiger partial charge in [-0.15, -0.1) is 0 Å². The largest absolute Gasteiger partial charge is 0.121 e. The van der Waals surface area contributed by atoms with Crippen molar-refractivity contribution in [2.75, 3.05) is 0 Å². The van der Waals surface area contributed by atoms with E-state index in [4.69, 9.17) is 0 Å². The van der Waals surface area contributed by atoms with Gasteiger partial charge in [0.25, 0.3) is 0 Å². The van der Waals surface area contributed by atoms with Gasteiger partial charge in [-0.3, -0.25) is 0 Å². The molecule has 17 heavy (non-hydrogen) atoms. The lowest BCUT2D eigenvalue weighted by Gasteiger charge is -2.08. The maximum atomic E-state index is 4.04. The average Bonchev–Trinajstić information content (AvgIpc) is 2.32. The molecule has 2 rings (SSSR count). The summed E-state index contributed by atoms with van der Waals surface area (Å²) in [6.07, 6.45) is 0. The number of allylic oxidation sites excluding steroid dienone is 1. The third-order valence-corrected chi connectivity index (χ3v) is 3.98. The Labute approximate surface area is 106 Å². The Balaban J connectivity index is 2.29. The van der Waals surface area contributed by atoms with E-state index in [2.05, 4.69) is 69.0 Å². The zero-order chi connectivity index (χ0) is 12.3. The normalized spacial score (nSPS) is 10.2. The minimum Gasteiger partial charge on any atom is -0.0955 e. The molecule has 1 heteroatoms.